The standard InChI is InChI=1S/C20H26N6O3/c1-13(11-28-3)29-14-4-5-16(21)15(8-14)20(22)17-9-18(24-12-23-17)26-7-6-25(2)19(27)10-26/h4-5,8-9,12-13,22H,6-7,10-11,21H2,1-3H3/t13-/m0/s1. The van der Waals surface area contributed by atoms with Gasteiger partial charge in [0.05, 0.1) is 24.6 Å². The molecule has 1 aliphatic rings. The van der Waals surface area contributed by atoms with Gasteiger partial charge in [0.25, 0.3) is 0 Å². The van der Waals surface area contributed by atoms with Gasteiger partial charge in [0.2, 0.25) is 5.91 Å². The zero-order valence-electron chi connectivity index (χ0n) is 16.9. The molecule has 1 amide bonds. The van der Waals surface area contributed by atoms with E-state index in [0.29, 0.717) is 48.2 Å². The van der Waals surface area contributed by atoms with Gasteiger partial charge in [-0.3, -0.25) is 10.2 Å². The van der Waals surface area contributed by atoms with Crippen molar-refractivity contribution in [3.8, 4) is 5.75 Å². The normalized spacial score (nSPS) is 15.3. The summed E-state index contributed by atoms with van der Waals surface area (Å²) in [5, 5.41) is 8.61. The van der Waals surface area contributed by atoms with Crippen molar-refractivity contribution in [2.24, 2.45) is 0 Å². The lowest BCUT2D eigenvalue weighted by atomic mass is 10.0. The number of piperazine rings is 1. The minimum absolute atomic E-state index is 0.0331. The number of rotatable bonds is 7. The number of nitrogens with two attached hydrogens (primary N) is 1. The minimum atomic E-state index is -0.133. The van der Waals surface area contributed by atoms with Crippen LogP contribution in [0.5, 0.6) is 5.75 Å². The molecule has 0 radical (unpaired) electrons. The maximum absolute atomic E-state index is 12.0. The number of aromatic nitrogens is 2. The van der Waals surface area contributed by atoms with Crippen LogP contribution in [0, 0.1) is 5.41 Å². The quantitative estimate of drug-likeness (QED) is 0.531. The zero-order valence-corrected chi connectivity index (χ0v) is 16.9. The molecule has 1 fully saturated rings. The van der Waals surface area contributed by atoms with Crippen LogP contribution in [-0.4, -0.2) is 73.0 Å². The molecule has 1 aromatic heterocycles. The molecule has 154 valence electrons. The van der Waals surface area contributed by atoms with Crippen LogP contribution in [0.3, 0.4) is 0 Å². The first-order valence-corrected chi connectivity index (χ1v) is 9.34. The lowest BCUT2D eigenvalue weighted by Crippen LogP contribution is -2.48. The molecule has 1 aromatic carbocycles. The maximum atomic E-state index is 12.0. The monoisotopic (exact) mass is 398 g/mol. The average Bonchev–Trinajstić information content (AvgIpc) is 2.71. The third-order valence-electron chi connectivity index (χ3n) is 4.72. The first-order chi connectivity index (χ1) is 13.9. The lowest BCUT2D eigenvalue weighted by Gasteiger charge is -2.32. The average molecular weight is 398 g/mol. The Bertz CT molecular complexity index is 904. The molecule has 3 N–H and O–H groups in total. The number of ether oxygens (including phenoxy) is 2. The van der Waals surface area contributed by atoms with Crippen LogP contribution in [-0.2, 0) is 9.53 Å². The van der Waals surface area contributed by atoms with Crippen molar-refractivity contribution in [1.82, 2.24) is 14.9 Å². The summed E-state index contributed by atoms with van der Waals surface area (Å²) in [7, 11) is 3.40. The van der Waals surface area contributed by atoms with Gasteiger partial charge in [0.15, 0.2) is 0 Å². The highest BCUT2D eigenvalue weighted by Crippen LogP contribution is 2.24. The molecule has 2 heterocycles. The van der Waals surface area contributed by atoms with E-state index in [1.807, 2.05) is 11.8 Å². The summed E-state index contributed by atoms with van der Waals surface area (Å²) in [6, 6.07) is 6.91. The molecule has 2 aromatic rings. The topological polar surface area (TPSA) is 118 Å². The molecule has 1 atom stereocenters. The minimum Gasteiger partial charge on any atom is -0.488 e. The SMILES string of the molecule is COC[C@H](C)Oc1ccc(N)c(C(=N)c2cc(N3CCN(C)C(=O)C3)ncn2)c1. The van der Waals surface area contributed by atoms with Crippen LogP contribution < -0.4 is 15.4 Å². The van der Waals surface area contributed by atoms with Gasteiger partial charge in [-0.05, 0) is 25.1 Å². The van der Waals surface area contributed by atoms with Crippen LogP contribution in [0.15, 0.2) is 30.6 Å². The Morgan fingerprint density at radius 3 is 2.83 bits per heavy atom. The summed E-state index contributed by atoms with van der Waals surface area (Å²) in [6.07, 6.45) is 1.27. The summed E-state index contributed by atoms with van der Waals surface area (Å²) >= 11 is 0. The third kappa shape index (κ3) is 4.80. The Morgan fingerprint density at radius 2 is 2.10 bits per heavy atom. The Hall–Kier alpha value is -3.20. The van der Waals surface area contributed by atoms with Crippen LogP contribution in [0.25, 0.3) is 0 Å². The van der Waals surface area contributed by atoms with Crippen molar-refractivity contribution >= 4 is 23.1 Å². The Labute approximate surface area is 170 Å². The highest BCUT2D eigenvalue weighted by atomic mass is 16.5. The smallest absolute Gasteiger partial charge is 0.241 e. The van der Waals surface area contributed by atoms with Crippen LogP contribution >= 0.6 is 0 Å². The number of hydrogen-bond acceptors (Lipinski definition) is 8. The first kappa shape index (κ1) is 20.5. The number of hydrogen-bond donors (Lipinski definition) is 2. The molecule has 0 bridgehead atoms. The molecule has 1 aliphatic heterocycles. The molecule has 29 heavy (non-hydrogen) atoms. The molecule has 9 nitrogen and oxygen atoms in total. The fraction of sp³-hybridized carbons (Fsp3) is 0.400. The van der Waals surface area contributed by atoms with Gasteiger partial charge in [0.1, 0.15) is 24.0 Å². The molecule has 0 unspecified atom stereocenters. The molecule has 0 aliphatic carbocycles. The summed E-state index contributed by atoms with van der Waals surface area (Å²) in [4.78, 5) is 24.1. The van der Waals surface area contributed by atoms with Crippen molar-refractivity contribution in [3.63, 3.8) is 0 Å². The van der Waals surface area contributed by atoms with E-state index in [9.17, 15) is 4.79 Å². The maximum Gasteiger partial charge on any atom is 0.241 e. The molecule has 0 saturated carbocycles. The van der Waals surface area contributed by atoms with E-state index in [1.165, 1.54) is 6.33 Å². The first-order valence-electron chi connectivity index (χ1n) is 9.34. The van der Waals surface area contributed by atoms with Crippen molar-refractivity contribution in [2.45, 2.75) is 13.0 Å². The highest BCUT2D eigenvalue weighted by Gasteiger charge is 2.23. The molecule has 9 heteroatoms. The van der Waals surface area contributed by atoms with E-state index in [-0.39, 0.29) is 24.3 Å². The molecular weight excluding hydrogens is 372 g/mol. The van der Waals surface area contributed by atoms with Gasteiger partial charge in [-0.2, -0.15) is 0 Å². The van der Waals surface area contributed by atoms with Crippen molar-refractivity contribution in [3.05, 3.63) is 41.9 Å². The molecule has 1 saturated heterocycles. The van der Waals surface area contributed by atoms with E-state index in [2.05, 4.69) is 9.97 Å². The van der Waals surface area contributed by atoms with Crippen LogP contribution in [0.1, 0.15) is 18.2 Å². The number of likely N-dealkylation sites (N-methyl/N-ethyl adjacent to an activating group) is 1. The summed E-state index contributed by atoms with van der Waals surface area (Å²) in [5.41, 5.74) is 7.67. The fourth-order valence-electron chi connectivity index (χ4n) is 3.07. The second-order valence-electron chi connectivity index (χ2n) is 7.01. The van der Waals surface area contributed by atoms with Crippen molar-refractivity contribution < 1.29 is 14.3 Å². The number of amides is 1. The van der Waals surface area contributed by atoms with E-state index in [4.69, 9.17) is 20.6 Å². The highest BCUT2D eigenvalue weighted by molar-refractivity contribution is 6.13. The second kappa shape index (κ2) is 8.87. The largest absolute Gasteiger partial charge is 0.488 e. The van der Waals surface area contributed by atoms with E-state index < -0.39 is 0 Å². The second-order valence-corrected chi connectivity index (χ2v) is 7.01. The Kier molecular flexibility index (Phi) is 6.28. The van der Waals surface area contributed by atoms with Gasteiger partial charge in [-0.25, -0.2) is 9.97 Å². The lowest BCUT2D eigenvalue weighted by molar-refractivity contribution is -0.129. The molecule has 0 spiro atoms. The summed E-state index contributed by atoms with van der Waals surface area (Å²) < 4.78 is 10.9. The van der Waals surface area contributed by atoms with Gasteiger partial charge < -0.3 is 25.0 Å². The number of methoxy groups -OCH3 is 1. The Balaban J connectivity index is 1.82. The third-order valence-corrected chi connectivity index (χ3v) is 4.72. The summed E-state index contributed by atoms with van der Waals surface area (Å²) in [5.74, 6) is 1.24. The molecule has 3 rings (SSSR count). The van der Waals surface area contributed by atoms with E-state index in [0.717, 1.165) is 0 Å². The van der Waals surface area contributed by atoms with Gasteiger partial charge in [-0.15, -0.1) is 0 Å². The number of benzene rings is 1. The number of nitrogen functional groups attached to an aromatic ring is 1. The van der Waals surface area contributed by atoms with Crippen molar-refractivity contribution in [2.75, 3.05) is 51.0 Å². The number of carbonyl (C=O) groups excluding carboxylic acids is 1. The number of nitrogens with one attached hydrogen (secondary N) is 1. The molecular formula is C20H26N6O3. The van der Waals surface area contributed by atoms with E-state index in [1.54, 1.807) is 43.3 Å². The van der Waals surface area contributed by atoms with Gasteiger partial charge >= 0.3 is 0 Å². The summed E-state index contributed by atoms with van der Waals surface area (Å²) in [6.45, 7) is 3.91. The van der Waals surface area contributed by atoms with E-state index >= 15 is 0 Å². The van der Waals surface area contributed by atoms with Crippen LogP contribution in [0.2, 0.25) is 0 Å². The predicted molar refractivity (Wildman–Crippen MR) is 111 cm³/mol. The van der Waals surface area contributed by atoms with Crippen molar-refractivity contribution in [1.29, 1.82) is 5.41 Å². The fourth-order valence-corrected chi connectivity index (χ4v) is 3.07. The Morgan fingerprint density at radius 1 is 1.31 bits per heavy atom. The van der Waals surface area contributed by atoms with Gasteiger partial charge in [0, 0.05) is 44.6 Å². The number of anilines is 2. The number of nitrogens with zero attached hydrogens (tertiary/aromatic N) is 4. The van der Waals surface area contributed by atoms with Crippen LogP contribution in [0.4, 0.5) is 11.5 Å². The van der Waals surface area contributed by atoms with Gasteiger partial charge in [-0.1, -0.05) is 0 Å². The zero-order chi connectivity index (χ0) is 21.0. The number of carbonyl (C=O) groups is 1. The predicted octanol–water partition coefficient (Wildman–Crippen LogP) is 1.17.